The first-order valence-electron chi connectivity index (χ1n) is 12.6. The molecule has 0 spiro atoms. The lowest BCUT2D eigenvalue weighted by Crippen LogP contribution is -2.08. The summed E-state index contributed by atoms with van der Waals surface area (Å²) < 4.78 is 0. The largest absolute Gasteiger partial charge is 0.359 e. The van der Waals surface area contributed by atoms with Crippen LogP contribution in [0.4, 0.5) is 11.4 Å². The van der Waals surface area contributed by atoms with Gasteiger partial charge in [-0.2, -0.15) is 10.5 Å². The Morgan fingerprint density at radius 1 is 0.714 bits per heavy atom. The number of allylic oxidation sites excluding steroid dienone is 2. The molecular weight excluding hydrogens is 428 g/mol. The third-order valence-electron chi connectivity index (χ3n) is 6.15. The topological polar surface area (TPSA) is 72.0 Å². The second-order valence-corrected chi connectivity index (χ2v) is 10.6. The highest BCUT2D eigenvalue weighted by Crippen LogP contribution is 2.37. The maximum Gasteiger partial charge on any atom is 0.0991 e. The highest BCUT2D eigenvalue weighted by molar-refractivity contribution is 5.96. The quantitative estimate of drug-likeness (QED) is 0.393. The molecule has 0 aliphatic rings. The van der Waals surface area contributed by atoms with Crippen molar-refractivity contribution in [3.63, 3.8) is 0 Å². The van der Waals surface area contributed by atoms with Crippen LogP contribution in [0.15, 0.2) is 41.0 Å². The molecule has 0 aliphatic carbocycles. The van der Waals surface area contributed by atoms with E-state index in [0.29, 0.717) is 11.1 Å². The first-order valence-corrected chi connectivity index (χ1v) is 12.6. The number of hydrogen-bond donors (Lipinski definition) is 1. The molecule has 0 saturated heterocycles. The molecule has 2 aromatic carbocycles. The third kappa shape index (κ3) is 6.83. The number of hydrogen-bond acceptors (Lipinski definition) is 4. The molecule has 0 aromatic heterocycles. The molecule has 2 aromatic rings. The highest BCUT2D eigenvalue weighted by atomic mass is 14.9. The van der Waals surface area contributed by atoms with Crippen LogP contribution in [0.25, 0.3) is 0 Å². The fourth-order valence-electron chi connectivity index (χ4n) is 4.32. The molecule has 0 atom stereocenters. The smallest absolute Gasteiger partial charge is 0.0991 e. The van der Waals surface area contributed by atoms with Gasteiger partial charge in [0.15, 0.2) is 0 Å². The van der Waals surface area contributed by atoms with Crippen molar-refractivity contribution >= 4 is 17.1 Å². The van der Waals surface area contributed by atoms with Crippen LogP contribution in [0.3, 0.4) is 0 Å². The second kappa shape index (κ2) is 11.9. The van der Waals surface area contributed by atoms with Crippen molar-refractivity contribution in [1.29, 1.82) is 10.5 Å². The summed E-state index contributed by atoms with van der Waals surface area (Å²) in [7, 11) is 0. The van der Waals surface area contributed by atoms with Gasteiger partial charge in [0.1, 0.15) is 0 Å². The first-order chi connectivity index (χ1) is 16.4. The summed E-state index contributed by atoms with van der Waals surface area (Å²) in [6.45, 7) is 21.3. The van der Waals surface area contributed by atoms with E-state index in [1.807, 2.05) is 31.2 Å². The first kappa shape index (κ1) is 27.9. The number of rotatable bonds is 8. The number of nitrogens with one attached hydrogen (secondary N) is 1. The van der Waals surface area contributed by atoms with Gasteiger partial charge < -0.3 is 5.32 Å². The Hall–Kier alpha value is -3.37. The van der Waals surface area contributed by atoms with E-state index in [1.54, 1.807) is 0 Å². The normalized spacial score (nSPS) is 12.5. The Bertz CT molecular complexity index is 1150. The van der Waals surface area contributed by atoms with Gasteiger partial charge in [0, 0.05) is 17.1 Å². The Morgan fingerprint density at radius 3 is 1.43 bits per heavy atom. The van der Waals surface area contributed by atoms with E-state index in [1.165, 1.54) is 0 Å². The predicted molar refractivity (Wildman–Crippen MR) is 149 cm³/mol. The van der Waals surface area contributed by atoms with Gasteiger partial charge in [0.2, 0.25) is 0 Å². The van der Waals surface area contributed by atoms with E-state index in [0.717, 1.165) is 45.0 Å². The number of anilines is 1. The molecule has 0 heterocycles. The second-order valence-electron chi connectivity index (χ2n) is 10.6. The van der Waals surface area contributed by atoms with Crippen molar-refractivity contribution in [2.75, 3.05) is 5.32 Å². The molecule has 0 radical (unpaired) electrons. The summed E-state index contributed by atoms with van der Waals surface area (Å²) in [5, 5.41) is 22.7. The van der Waals surface area contributed by atoms with Gasteiger partial charge in [-0.25, -0.2) is 0 Å². The molecule has 184 valence electrons. The van der Waals surface area contributed by atoms with Crippen LogP contribution in [0.2, 0.25) is 0 Å². The molecule has 0 aliphatic heterocycles. The summed E-state index contributed by atoms with van der Waals surface area (Å²) >= 11 is 0. The van der Waals surface area contributed by atoms with Crippen LogP contribution in [-0.4, -0.2) is 5.71 Å². The van der Waals surface area contributed by atoms with Crippen LogP contribution in [0.1, 0.15) is 126 Å². The van der Waals surface area contributed by atoms with E-state index in [-0.39, 0.29) is 23.7 Å². The molecule has 35 heavy (non-hydrogen) atoms. The van der Waals surface area contributed by atoms with E-state index in [2.05, 4.69) is 85.8 Å². The molecule has 0 amide bonds. The van der Waals surface area contributed by atoms with Crippen LogP contribution in [0.5, 0.6) is 0 Å². The summed E-state index contributed by atoms with van der Waals surface area (Å²) in [4.78, 5) is 5.05. The zero-order valence-corrected chi connectivity index (χ0v) is 23.0. The fraction of sp³-hybridized carbons (Fsp3) is 0.452. The van der Waals surface area contributed by atoms with Crippen molar-refractivity contribution in [2.24, 2.45) is 4.99 Å². The van der Waals surface area contributed by atoms with Gasteiger partial charge in [-0.3, -0.25) is 4.99 Å². The van der Waals surface area contributed by atoms with Gasteiger partial charge >= 0.3 is 0 Å². The lowest BCUT2D eigenvalue weighted by molar-refractivity contribution is 0.833. The molecule has 4 nitrogen and oxygen atoms in total. The SMILES string of the molecule is CC(/C=C(/C)Nc1c(C(C)C)cc(C#N)cc1C(C)C)=Nc1c(C(C)C)cc(C#N)cc1C(C)C. The summed E-state index contributed by atoms with van der Waals surface area (Å²) in [6, 6.07) is 12.5. The zero-order valence-electron chi connectivity index (χ0n) is 23.0. The zero-order chi connectivity index (χ0) is 26.4. The van der Waals surface area contributed by atoms with Crippen LogP contribution >= 0.6 is 0 Å². The van der Waals surface area contributed by atoms with Crippen molar-refractivity contribution in [3.8, 4) is 12.1 Å². The number of nitriles is 2. The summed E-state index contributed by atoms with van der Waals surface area (Å²) in [5.74, 6) is 1.09. The molecule has 0 saturated carbocycles. The van der Waals surface area contributed by atoms with Gasteiger partial charge in [-0.15, -0.1) is 0 Å². The van der Waals surface area contributed by atoms with Crippen LogP contribution in [0, 0.1) is 22.7 Å². The Balaban J connectivity index is 2.58. The van der Waals surface area contributed by atoms with E-state index >= 15 is 0 Å². The Kier molecular flexibility index (Phi) is 9.44. The lowest BCUT2D eigenvalue weighted by Gasteiger charge is -2.22. The van der Waals surface area contributed by atoms with Crippen molar-refractivity contribution in [1.82, 2.24) is 0 Å². The fourth-order valence-corrected chi connectivity index (χ4v) is 4.32. The minimum Gasteiger partial charge on any atom is -0.359 e. The molecule has 2 rings (SSSR count). The molecule has 4 heteroatoms. The maximum atomic E-state index is 9.52. The number of nitrogens with zero attached hydrogens (tertiary/aromatic N) is 3. The lowest BCUT2D eigenvalue weighted by atomic mass is 9.90. The van der Waals surface area contributed by atoms with Gasteiger partial charge in [0.05, 0.1) is 29.0 Å². The molecule has 0 bridgehead atoms. The average molecular weight is 469 g/mol. The number of aliphatic imine (C=N–C) groups is 1. The van der Waals surface area contributed by atoms with Crippen molar-refractivity contribution in [3.05, 3.63) is 69.4 Å². The summed E-state index contributed by atoms with van der Waals surface area (Å²) in [6.07, 6.45) is 2.07. The molecule has 0 fully saturated rings. The molecule has 1 N–H and O–H groups in total. The summed E-state index contributed by atoms with van der Waals surface area (Å²) in [5.41, 5.74) is 9.82. The van der Waals surface area contributed by atoms with E-state index < -0.39 is 0 Å². The average Bonchev–Trinajstić information content (AvgIpc) is 2.78. The predicted octanol–water partition coefficient (Wildman–Crippen LogP) is 9.03. The van der Waals surface area contributed by atoms with Gasteiger partial charge in [-0.1, -0.05) is 55.4 Å². The number of benzene rings is 2. The monoisotopic (exact) mass is 468 g/mol. The van der Waals surface area contributed by atoms with Crippen LogP contribution in [-0.2, 0) is 0 Å². The highest BCUT2D eigenvalue weighted by Gasteiger charge is 2.18. The van der Waals surface area contributed by atoms with E-state index in [9.17, 15) is 10.5 Å². The Labute approximate surface area is 212 Å². The van der Waals surface area contributed by atoms with Crippen molar-refractivity contribution < 1.29 is 0 Å². The standard InChI is InChI=1S/C31H40N4/c1-18(2)26-12-24(16-32)13-27(19(3)4)30(26)34-22(9)11-23(10)35-31-28(20(5)6)14-25(17-33)15-29(31)21(7)8/h11-15,18-21,34H,1-10H3/b22-11-,35-23?. The molecule has 0 unspecified atom stereocenters. The van der Waals surface area contributed by atoms with E-state index in [4.69, 9.17) is 4.99 Å². The van der Waals surface area contributed by atoms with Gasteiger partial charge in [0.25, 0.3) is 0 Å². The minimum atomic E-state index is 0.261. The van der Waals surface area contributed by atoms with Crippen molar-refractivity contribution in [2.45, 2.75) is 92.9 Å². The van der Waals surface area contributed by atoms with Crippen LogP contribution < -0.4 is 5.32 Å². The van der Waals surface area contributed by atoms with Gasteiger partial charge in [-0.05, 0) is 90.1 Å². The molecular formula is C31H40N4. The Morgan fingerprint density at radius 2 is 1.09 bits per heavy atom. The maximum absolute atomic E-state index is 9.52. The third-order valence-corrected chi connectivity index (χ3v) is 6.15. The minimum absolute atomic E-state index is 0.261.